The smallest absolute Gasteiger partial charge is 0.376 e. The van der Waals surface area contributed by atoms with Crippen molar-refractivity contribution in [1.82, 2.24) is 9.97 Å². The number of rotatable bonds is 4. The Morgan fingerprint density at radius 3 is 2.74 bits per heavy atom. The number of carbonyl (C=O) groups is 1. The summed E-state index contributed by atoms with van der Waals surface area (Å²) in [6.45, 7) is 5.02. The fourth-order valence-electron chi connectivity index (χ4n) is 2.55. The van der Waals surface area contributed by atoms with Crippen LogP contribution in [0.2, 0.25) is 0 Å². The fourth-order valence-corrected chi connectivity index (χ4v) is 2.55. The topological polar surface area (TPSA) is 64.1 Å². The van der Waals surface area contributed by atoms with Crippen LogP contribution in [0.1, 0.15) is 48.9 Å². The largest absolute Gasteiger partial charge is 0.463 e. The summed E-state index contributed by atoms with van der Waals surface area (Å²) in [6.07, 6.45) is 5.09. The van der Waals surface area contributed by atoms with Crippen LogP contribution in [-0.4, -0.2) is 29.6 Å². The lowest BCUT2D eigenvalue weighted by Gasteiger charge is -2.24. The van der Waals surface area contributed by atoms with E-state index in [1.807, 2.05) is 13.0 Å². The molecule has 0 aromatic carbocycles. The third-order valence-electron chi connectivity index (χ3n) is 3.73. The van der Waals surface area contributed by atoms with Crippen LogP contribution in [0.3, 0.4) is 0 Å². The predicted molar refractivity (Wildman–Crippen MR) is 73.2 cm³/mol. The molecule has 0 spiro atoms. The highest BCUT2D eigenvalue weighted by molar-refractivity contribution is 5.85. The molecule has 1 heterocycles. The zero-order valence-electron chi connectivity index (χ0n) is 11.8. The third-order valence-corrected chi connectivity index (χ3v) is 3.73. The van der Waals surface area contributed by atoms with Gasteiger partial charge in [-0.1, -0.05) is 19.8 Å². The zero-order chi connectivity index (χ0) is 13.9. The van der Waals surface area contributed by atoms with Crippen LogP contribution in [0.4, 0.5) is 5.82 Å². The Morgan fingerprint density at radius 1 is 1.42 bits per heavy atom. The molecular weight excluding hydrogens is 242 g/mol. The van der Waals surface area contributed by atoms with E-state index in [2.05, 4.69) is 26.9 Å². The summed E-state index contributed by atoms with van der Waals surface area (Å²) >= 11 is 0. The van der Waals surface area contributed by atoms with Gasteiger partial charge >= 0.3 is 5.97 Å². The summed E-state index contributed by atoms with van der Waals surface area (Å²) in [5.74, 6) is 0.307. The molecule has 0 radical (unpaired) electrons. The monoisotopic (exact) mass is 263 g/mol. The maximum atomic E-state index is 11.5. The van der Waals surface area contributed by atoms with Gasteiger partial charge in [0.25, 0.3) is 0 Å². The Morgan fingerprint density at radius 2 is 2.11 bits per heavy atom. The summed E-state index contributed by atoms with van der Waals surface area (Å²) in [6, 6.07) is 1.85. The van der Waals surface area contributed by atoms with Crippen LogP contribution in [0.25, 0.3) is 0 Å². The van der Waals surface area contributed by atoms with E-state index >= 15 is 0 Å². The van der Waals surface area contributed by atoms with Gasteiger partial charge in [-0.3, -0.25) is 0 Å². The molecule has 0 saturated heterocycles. The van der Waals surface area contributed by atoms with Gasteiger partial charge in [0.05, 0.1) is 7.11 Å². The van der Waals surface area contributed by atoms with Crippen molar-refractivity contribution in [3.05, 3.63) is 17.6 Å². The lowest BCUT2D eigenvalue weighted by Crippen LogP contribution is -2.24. The highest BCUT2D eigenvalue weighted by atomic mass is 16.5. The van der Waals surface area contributed by atoms with Gasteiger partial charge in [-0.2, -0.15) is 0 Å². The Kier molecular flexibility index (Phi) is 4.02. The quantitative estimate of drug-likeness (QED) is 0.846. The van der Waals surface area contributed by atoms with Crippen LogP contribution in [0.5, 0.6) is 0 Å². The standard InChI is InChI=1S/C14H21N3O2/c1-10-8-11(17-12(16-10)13(18)19-3)15-9-14(2)6-4-5-7-14/h8H,4-7,9H2,1-3H3,(H,15,16,17). The van der Waals surface area contributed by atoms with E-state index < -0.39 is 5.97 Å². The summed E-state index contributed by atoms with van der Waals surface area (Å²) in [7, 11) is 1.33. The van der Waals surface area contributed by atoms with Gasteiger partial charge in [0, 0.05) is 18.3 Å². The third kappa shape index (κ3) is 3.43. The van der Waals surface area contributed by atoms with E-state index in [0.29, 0.717) is 11.2 Å². The second-order valence-corrected chi connectivity index (χ2v) is 5.58. The number of hydrogen-bond donors (Lipinski definition) is 1. The molecule has 2 rings (SSSR count). The molecule has 1 N–H and O–H groups in total. The van der Waals surface area contributed by atoms with E-state index in [-0.39, 0.29) is 5.82 Å². The van der Waals surface area contributed by atoms with Crippen LogP contribution < -0.4 is 5.32 Å². The molecule has 1 aliphatic carbocycles. The first-order valence-electron chi connectivity index (χ1n) is 6.70. The SMILES string of the molecule is COC(=O)c1nc(C)cc(NCC2(C)CCCC2)n1. The number of aromatic nitrogens is 2. The van der Waals surface area contributed by atoms with Gasteiger partial charge in [0.15, 0.2) is 0 Å². The fraction of sp³-hybridized carbons (Fsp3) is 0.643. The van der Waals surface area contributed by atoms with Crippen LogP contribution >= 0.6 is 0 Å². The number of esters is 1. The van der Waals surface area contributed by atoms with E-state index in [1.54, 1.807) is 0 Å². The first kappa shape index (κ1) is 13.8. The molecule has 0 amide bonds. The highest BCUT2D eigenvalue weighted by Gasteiger charge is 2.28. The Labute approximate surface area is 113 Å². The number of hydrogen-bond acceptors (Lipinski definition) is 5. The number of nitrogens with zero attached hydrogens (tertiary/aromatic N) is 2. The van der Waals surface area contributed by atoms with Crippen molar-refractivity contribution in [3.63, 3.8) is 0 Å². The number of methoxy groups -OCH3 is 1. The summed E-state index contributed by atoms with van der Waals surface area (Å²) in [5, 5.41) is 3.33. The Bertz CT molecular complexity index is 468. The number of carbonyl (C=O) groups excluding carboxylic acids is 1. The van der Waals surface area contributed by atoms with Crippen molar-refractivity contribution < 1.29 is 9.53 Å². The number of nitrogens with one attached hydrogen (secondary N) is 1. The van der Waals surface area contributed by atoms with Gasteiger partial charge in [0.2, 0.25) is 5.82 Å². The molecule has 1 aromatic heterocycles. The normalized spacial score (nSPS) is 17.2. The van der Waals surface area contributed by atoms with Gasteiger partial charge < -0.3 is 10.1 Å². The van der Waals surface area contributed by atoms with E-state index in [0.717, 1.165) is 12.2 Å². The van der Waals surface area contributed by atoms with Crippen molar-refractivity contribution in [3.8, 4) is 0 Å². The molecule has 1 fully saturated rings. The summed E-state index contributed by atoms with van der Waals surface area (Å²) < 4.78 is 4.65. The van der Waals surface area contributed by atoms with E-state index in [9.17, 15) is 4.79 Å². The lowest BCUT2D eigenvalue weighted by molar-refractivity contribution is 0.0586. The molecule has 1 saturated carbocycles. The summed E-state index contributed by atoms with van der Waals surface area (Å²) in [4.78, 5) is 19.7. The first-order valence-corrected chi connectivity index (χ1v) is 6.70. The average molecular weight is 263 g/mol. The molecule has 19 heavy (non-hydrogen) atoms. The molecule has 0 aliphatic heterocycles. The molecule has 0 atom stereocenters. The minimum absolute atomic E-state index is 0.113. The second-order valence-electron chi connectivity index (χ2n) is 5.58. The Hall–Kier alpha value is -1.65. The minimum atomic E-state index is -0.501. The maximum Gasteiger partial charge on any atom is 0.376 e. The number of aryl methyl sites for hydroxylation is 1. The van der Waals surface area contributed by atoms with Crippen molar-refractivity contribution in [2.75, 3.05) is 19.0 Å². The second kappa shape index (κ2) is 5.55. The number of ether oxygens (including phenoxy) is 1. The molecular formula is C14H21N3O2. The van der Waals surface area contributed by atoms with E-state index in [4.69, 9.17) is 0 Å². The van der Waals surface area contributed by atoms with Crippen LogP contribution in [-0.2, 0) is 4.74 Å². The maximum absolute atomic E-state index is 11.5. The average Bonchev–Trinajstić information content (AvgIpc) is 2.82. The highest BCUT2D eigenvalue weighted by Crippen LogP contribution is 2.37. The zero-order valence-corrected chi connectivity index (χ0v) is 11.8. The van der Waals surface area contributed by atoms with Crippen LogP contribution in [0.15, 0.2) is 6.07 Å². The molecule has 104 valence electrons. The van der Waals surface area contributed by atoms with E-state index in [1.165, 1.54) is 32.8 Å². The predicted octanol–water partition coefficient (Wildman–Crippen LogP) is 2.56. The lowest BCUT2D eigenvalue weighted by atomic mass is 9.89. The van der Waals surface area contributed by atoms with Crippen molar-refractivity contribution in [1.29, 1.82) is 0 Å². The molecule has 5 nitrogen and oxygen atoms in total. The number of anilines is 1. The molecule has 1 aromatic rings. The molecule has 1 aliphatic rings. The van der Waals surface area contributed by atoms with Gasteiger partial charge in [-0.15, -0.1) is 0 Å². The Balaban J connectivity index is 2.07. The summed E-state index contributed by atoms with van der Waals surface area (Å²) in [5.41, 5.74) is 1.10. The molecule has 0 bridgehead atoms. The molecule has 5 heteroatoms. The van der Waals surface area contributed by atoms with Gasteiger partial charge in [-0.05, 0) is 25.2 Å². The van der Waals surface area contributed by atoms with Crippen molar-refractivity contribution in [2.24, 2.45) is 5.41 Å². The minimum Gasteiger partial charge on any atom is -0.463 e. The van der Waals surface area contributed by atoms with Crippen molar-refractivity contribution >= 4 is 11.8 Å². The first-order chi connectivity index (χ1) is 9.02. The van der Waals surface area contributed by atoms with Gasteiger partial charge in [0.1, 0.15) is 5.82 Å². The van der Waals surface area contributed by atoms with Crippen LogP contribution in [0, 0.1) is 12.3 Å². The van der Waals surface area contributed by atoms with Crippen molar-refractivity contribution in [2.45, 2.75) is 39.5 Å². The van der Waals surface area contributed by atoms with Gasteiger partial charge in [-0.25, -0.2) is 14.8 Å². The molecule has 0 unspecified atom stereocenters.